The third kappa shape index (κ3) is 2.94. The zero-order valence-corrected chi connectivity index (χ0v) is 11.6. The Kier molecular flexibility index (Phi) is 3.25. The fourth-order valence-corrected chi connectivity index (χ4v) is 2.68. The van der Waals surface area contributed by atoms with Gasteiger partial charge in [0.1, 0.15) is 5.69 Å². The Hall–Kier alpha value is -1.45. The number of amides is 1. The Morgan fingerprint density at radius 3 is 2.79 bits per heavy atom. The first kappa shape index (κ1) is 12.6. The molecule has 4 nitrogen and oxygen atoms in total. The first-order valence-corrected chi connectivity index (χ1v) is 7.45. The lowest BCUT2D eigenvalue weighted by Gasteiger charge is -2.17. The molecule has 2 saturated carbocycles. The van der Waals surface area contributed by atoms with E-state index in [-0.39, 0.29) is 5.91 Å². The van der Waals surface area contributed by atoms with Gasteiger partial charge < -0.3 is 15.6 Å². The van der Waals surface area contributed by atoms with Crippen LogP contribution in [-0.2, 0) is 0 Å². The number of carbonyl (C=O) groups is 1. The summed E-state index contributed by atoms with van der Waals surface area (Å²) in [5.41, 5.74) is 7.25. The predicted octanol–water partition coefficient (Wildman–Crippen LogP) is 2.71. The smallest absolute Gasteiger partial charge is 0.268 e. The van der Waals surface area contributed by atoms with E-state index in [9.17, 15) is 4.79 Å². The molecule has 19 heavy (non-hydrogen) atoms. The number of rotatable bonds is 6. The summed E-state index contributed by atoms with van der Waals surface area (Å²) < 4.78 is 2.05. The number of hydrogen-bond acceptors (Lipinski definition) is 2. The van der Waals surface area contributed by atoms with Crippen LogP contribution in [0, 0.1) is 5.92 Å². The maximum absolute atomic E-state index is 12.4. The first-order chi connectivity index (χ1) is 9.17. The van der Waals surface area contributed by atoms with Crippen LogP contribution >= 0.6 is 0 Å². The van der Waals surface area contributed by atoms with E-state index in [1.807, 2.05) is 6.20 Å². The van der Waals surface area contributed by atoms with E-state index in [4.69, 9.17) is 5.73 Å². The fraction of sp³-hybridized carbons (Fsp3) is 0.667. The van der Waals surface area contributed by atoms with E-state index in [1.165, 1.54) is 12.8 Å². The average molecular weight is 261 g/mol. The van der Waals surface area contributed by atoms with Crippen molar-refractivity contribution in [2.24, 2.45) is 5.92 Å². The van der Waals surface area contributed by atoms with E-state index in [2.05, 4.69) is 16.8 Å². The van der Waals surface area contributed by atoms with E-state index < -0.39 is 0 Å². The van der Waals surface area contributed by atoms with Crippen molar-refractivity contribution in [3.63, 3.8) is 0 Å². The molecular weight excluding hydrogens is 238 g/mol. The van der Waals surface area contributed by atoms with Crippen LogP contribution in [0.25, 0.3) is 0 Å². The SMILES string of the molecule is CCC(CC1CC1)NC(=O)c1cc(N)cn1C1CC1. The molecule has 1 atom stereocenters. The Labute approximate surface area is 114 Å². The molecule has 3 N–H and O–H groups in total. The Bertz CT molecular complexity index is 472. The van der Waals surface area contributed by atoms with Gasteiger partial charge in [0, 0.05) is 18.3 Å². The van der Waals surface area contributed by atoms with Gasteiger partial charge in [-0.2, -0.15) is 0 Å². The van der Waals surface area contributed by atoms with Crippen molar-refractivity contribution in [2.75, 3.05) is 5.73 Å². The monoisotopic (exact) mass is 261 g/mol. The molecule has 104 valence electrons. The minimum absolute atomic E-state index is 0.0381. The van der Waals surface area contributed by atoms with Crippen molar-refractivity contribution in [2.45, 2.75) is 57.5 Å². The summed E-state index contributed by atoms with van der Waals surface area (Å²) in [6.07, 6.45) is 9.01. The van der Waals surface area contributed by atoms with Crippen LogP contribution in [0.15, 0.2) is 12.3 Å². The van der Waals surface area contributed by atoms with Crippen LogP contribution in [0.5, 0.6) is 0 Å². The second kappa shape index (κ2) is 4.91. The van der Waals surface area contributed by atoms with Gasteiger partial charge >= 0.3 is 0 Å². The third-order valence-electron chi connectivity index (χ3n) is 4.19. The summed E-state index contributed by atoms with van der Waals surface area (Å²) >= 11 is 0. The van der Waals surface area contributed by atoms with Crippen LogP contribution < -0.4 is 11.1 Å². The summed E-state index contributed by atoms with van der Waals surface area (Å²) in [5, 5.41) is 3.18. The van der Waals surface area contributed by atoms with Gasteiger partial charge in [-0.05, 0) is 37.7 Å². The van der Waals surface area contributed by atoms with Gasteiger partial charge in [-0.15, -0.1) is 0 Å². The highest BCUT2D eigenvalue weighted by Crippen LogP contribution is 2.37. The summed E-state index contributed by atoms with van der Waals surface area (Å²) in [7, 11) is 0. The molecular formula is C15H23N3O. The molecule has 1 aromatic rings. The highest BCUT2D eigenvalue weighted by Gasteiger charge is 2.29. The van der Waals surface area contributed by atoms with Crippen LogP contribution in [0.2, 0.25) is 0 Å². The maximum atomic E-state index is 12.4. The van der Waals surface area contributed by atoms with Crippen molar-refractivity contribution < 1.29 is 4.79 Å². The molecule has 0 aromatic carbocycles. The number of anilines is 1. The summed E-state index contributed by atoms with van der Waals surface area (Å²) in [4.78, 5) is 12.4. The van der Waals surface area contributed by atoms with E-state index in [1.54, 1.807) is 6.07 Å². The predicted molar refractivity (Wildman–Crippen MR) is 76.0 cm³/mol. The standard InChI is InChI=1S/C15H23N3O/c1-2-12(7-10-3-4-10)17-15(19)14-8-11(16)9-18(14)13-5-6-13/h8-10,12-13H,2-7,16H2,1H3,(H,17,19). The minimum Gasteiger partial charge on any atom is -0.397 e. The lowest BCUT2D eigenvalue weighted by Crippen LogP contribution is -2.35. The topological polar surface area (TPSA) is 60.1 Å². The van der Waals surface area contributed by atoms with Crippen molar-refractivity contribution in [1.29, 1.82) is 0 Å². The highest BCUT2D eigenvalue weighted by molar-refractivity contribution is 5.94. The highest BCUT2D eigenvalue weighted by atomic mass is 16.2. The Morgan fingerprint density at radius 1 is 1.47 bits per heavy atom. The van der Waals surface area contributed by atoms with Crippen molar-refractivity contribution in [3.05, 3.63) is 18.0 Å². The van der Waals surface area contributed by atoms with Crippen molar-refractivity contribution in [1.82, 2.24) is 9.88 Å². The molecule has 1 aromatic heterocycles. The van der Waals surface area contributed by atoms with Crippen LogP contribution in [-0.4, -0.2) is 16.5 Å². The molecule has 1 unspecified atom stereocenters. The maximum Gasteiger partial charge on any atom is 0.268 e. The quantitative estimate of drug-likeness (QED) is 0.827. The number of nitrogens with one attached hydrogen (secondary N) is 1. The normalized spacial score (nSPS) is 20.3. The van der Waals surface area contributed by atoms with Gasteiger partial charge in [0.05, 0.1) is 5.69 Å². The molecule has 0 saturated heterocycles. The van der Waals surface area contributed by atoms with Gasteiger partial charge in [-0.25, -0.2) is 0 Å². The number of nitrogens with two attached hydrogens (primary N) is 1. The first-order valence-electron chi connectivity index (χ1n) is 7.45. The third-order valence-corrected chi connectivity index (χ3v) is 4.19. The molecule has 2 fully saturated rings. The number of nitrogens with zero attached hydrogens (tertiary/aromatic N) is 1. The van der Waals surface area contributed by atoms with Crippen molar-refractivity contribution >= 4 is 11.6 Å². The van der Waals surface area contributed by atoms with Gasteiger partial charge in [0.15, 0.2) is 0 Å². The summed E-state index contributed by atoms with van der Waals surface area (Å²) in [6.45, 7) is 2.14. The average Bonchev–Trinajstić information content (AvgIpc) is 3.28. The molecule has 1 amide bonds. The lowest BCUT2D eigenvalue weighted by molar-refractivity contribution is 0.0923. The molecule has 0 radical (unpaired) electrons. The second-order valence-electron chi connectivity index (χ2n) is 6.05. The summed E-state index contributed by atoms with van der Waals surface area (Å²) in [6, 6.07) is 2.60. The lowest BCUT2D eigenvalue weighted by atomic mass is 10.1. The van der Waals surface area contributed by atoms with E-state index in [0.717, 1.165) is 37.3 Å². The van der Waals surface area contributed by atoms with Gasteiger partial charge in [0.2, 0.25) is 0 Å². The van der Waals surface area contributed by atoms with E-state index in [0.29, 0.717) is 17.8 Å². The van der Waals surface area contributed by atoms with Crippen LogP contribution in [0.4, 0.5) is 5.69 Å². The van der Waals surface area contributed by atoms with Crippen molar-refractivity contribution in [3.8, 4) is 0 Å². The zero-order valence-electron chi connectivity index (χ0n) is 11.6. The minimum atomic E-state index is 0.0381. The Balaban J connectivity index is 1.68. The fourth-order valence-electron chi connectivity index (χ4n) is 2.68. The molecule has 2 aliphatic carbocycles. The van der Waals surface area contributed by atoms with E-state index >= 15 is 0 Å². The molecule has 3 rings (SSSR count). The summed E-state index contributed by atoms with van der Waals surface area (Å²) in [5.74, 6) is 0.877. The number of hydrogen-bond donors (Lipinski definition) is 2. The molecule has 0 spiro atoms. The molecule has 0 bridgehead atoms. The Morgan fingerprint density at radius 2 is 2.21 bits per heavy atom. The molecule has 4 heteroatoms. The number of carbonyl (C=O) groups excluding carboxylic acids is 1. The second-order valence-corrected chi connectivity index (χ2v) is 6.05. The number of nitrogen functional groups attached to an aromatic ring is 1. The largest absolute Gasteiger partial charge is 0.397 e. The van der Waals surface area contributed by atoms with Gasteiger partial charge in [-0.1, -0.05) is 19.8 Å². The van der Waals surface area contributed by atoms with Crippen LogP contribution in [0.3, 0.4) is 0 Å². The number of aromatic nitrogens is 1. The zero-order chi connectivity index (χ0) is 13.4. The van der Waals surface area contributed by atoms with Crippen LogP contribution in [0.1, 0.15) is 62.0 Å². The van der Waals surface area contributed by atoms with Gasteiger partial charge in [-0.3, -0.25) is 4.79 Å². The molecule has 0 aliphatic heterocycles. The molecule has 1 heterocycles. The molecule has 2 aliphatic rings. The van der Waals surface area contributed by atoms with Gasteiger partial charge in [0.25, 0.3) is 5.91 Å².